The molecule has 0 aliphatic carbocycles. The highest BCUT2D eigenvalue weighted by atomic mass is 16.5. The van der Waals surface area contributed by atoms with Gasteiger partial charge in [-0.15, -0.1) is 0 Å². The van der Waals surface area contributed by atoms with Gasteiger partial charge in [0, 0.05) is 39.0 Å². The summed E-state index contributed by atoms with van der Waals surface area (Å²) in [5, 5.41) is 3.37. The van der Waals surface area contributed by atoms with E-state index in [0.29, 0.717) is 12.1 Å². The average Bonchev–Trinajstić information content (AvgIpc) is 2.45. The maximum absolute atomic E-state index is 5.39. The van der Waals surface area contributed by atoms with E-state index in [1.807, 2.05) is 12.4 Å². The van der Waals surface area contributed by atoms with E-state index in [4.69, 9.17) is 4.74 Å². The number of hydrogen-bond donors (Lipinski definition) is 1. The van der Waals surface area contributed by atoms with Crippen LogP contribution in [-0.4, -0.2) is 42.3 Å². The Morgan fingerprint density at radius 1 is 1.37 bits per heavy atom. The predicted molar refractivity (Wildman–Crippen MR) is 76.3 cm³/mol. The first-order valence-electron chi connectivity index (χ1n) is 7.01. The van der Waals surface area contributed by atoms with E-state index >= 15 is 0 Å². The summed E-state index contributed by atoms with van der Waals surface area (Å²) in [6.45, 7) is 7.02. The molecule has 0 unspecified atom stereocenters. The van der Waals surface area contributed by atoms with Gasteiger partial charge < -0.3 is 15.0 Å². The molecule has 106 valence electrons. The van der Waals surface area contributed by atoms with Crippen LogP contribution in [0.4, 0.5) is 5.82 Å². The number of rotatable bonds is 5. The van der Waals surface area contributed by atoms with Crippen molar-refractivity contribution >= 4 is 5.82 Å². The minimum atomic E-state index is 0.398. The fourth-order valence-corrected chi connectivity index (χ4v) is 2.26. The van der Waals surface area contributed by atoms with Crippen molar-refractivity contribution in [2.24, 2.45) is 0 Å². The monoisotopic (exact) mass is 264 g/mol. The minimum Gasteiger partial charge on any atom is -0.381 e. The SMILES string of the molecule is COC1CCN(c2cncc(CNC(C)C)n2)CC1. The van der Waals surface area contributed by atoms with Crippen molar-refractivity contribution in [1.29, 1.82) is 0 Å². The van der Waals surface area contributed by atoms with Crippen molar-refractivity contribution in [2.75, 3.05) is 25.1 Å². The highest BCUT2D eigenvalue weighted by molar-refractivity contribution is 5.36. The Labute approximate surface area is 115 Å². The van der Waals surface area contributed by atoms with Gasteiger partial charge in [0.05, 0.1) is 18.0 Å². The maximum Gasteiger partial charge on any atom is 0.147 e. The molecule has 1 aliphatic rings. The van der Waals surface area contributed by atoms with Crippen LogP contribution in [0.25, 0.3) is 0 Å². The standard InChI is InChI=1S/C14H24N4O/c1-11(2)16-9-12-8-15-10-14(17-12)18-6-4-13(19-3)5-7-18/h8,10-11,13,16H,4-7,9H2,1-3H3. The smallest absolute Gasteiger partial charge is 0.147 e. The van der Waals surface area contributed by atoms with Crippen LogP contribution in [-0.2, 0) is 11.3 Å². The zero-order chi connectivity index (χ0) is 13.7. The minimum absolute atomic E-state index is 0.398. The fraction of sp³-hybridized carbons (Fsp3) is 0.714. The molecule has 0 radical (unpaired) electrons. The van der Waals surface area contributed by atoms with Gasteiger partial charge in [-0.2, -0.15) is 0 Å². The molecule has 0 spiro atoms. The molecule has 1 fully saturated rings. The Kier molecular flexibility index (Phi) is 5.10. The van der Waals surface area contributed by atoms with E-state index in [0.717, 1.165) is 44.0 Å². The molecule has 19 heavy (non-hydrogen) atoms. The topological polar surface area (TPSA) is 50.3 Å². The van der Waals surface area contributed by atoms with E-state index in [2.05, 4.69) is 34.0 Å². The number of methoxy groups -OCH3 is 1. The third-order valence-corrected chi connectivity index (χ3v) is 3.46. The van der Waals surface area contributed by atoms with Crippen molar-refractivity contribution < 1.29 is 4.74 Å². The zero-order valence-corrected chi connectivity index (χ0v) is 12.1. The number of nitrogens with one attached hydrogen (secondary N) is 1. The van der Waals surface area contributed by atoms with Crippen molar-refractivity contribution in [1.82, 2.24) is 15.3 Å². The molecule has 5 nitrogen and oxygen atoms in total. The Bertz CT molecular complexity index is 389. The first-order valence-corrected chi connectivity index (χ1v) is 7.01. The predicted octanol–water partition coefficient (Wildman–Crippen LogP) is 1.59. The lowest BCUT2D eigenvalue weighted by molar-refractivity contribution is 0.0818. The summed E-state index contributed by atoms with van der Waals surface area (Å²) in [7, 11) is 1.79. The maximum atomic E-state index is 5.39. The molecule has 0 saturated carbocycles. The third kappa shape index (κ3) is 4.14. The molecule has 1 aromatic heterocycles. The Morgan fingerprint density at radius 3 is 2.74 bits per heavy atom. The van der Waals surface area contributed by atoms with Crippen LogP contribution >= 0.6 is 0 Å². The summed E-state index contributed by atoms with van der Waals surface area (Å²) in [6.07, 6.45) is 6.21. The second-order valence-corrected chi connectivity index (χ2v) is 5.33. The number of nitrogens with zero attached hydrogens (tertiary/aromatic N) is 3. The third-order valence-electron chi connectivity index (χ3n) is 3.46. The Hall–Kier alpha value is -1.20. The van der Waals surface area contributed by atoms with Gasteiger partial charge in [0.1, 0.15) is 5.82 Å². The van der Waals surface area contributed by atoms with Gasteiger partial charge in [-0.25, -0.2) is 4.98 Å². The van der Waals surface area contributed by atoms with Crippen LogP contribution in [0.15, 0.2) is 12.4 Å². The van der Waals surface area contributed by atoms with Crippen LogP contribution in [0, 0.1) is 0 Å². The molecule has 1 N–H and O–H groups in total. The average molecular weight is 264 g/mol. The first-order chi connectivity index (χ1) is 9.19. The normalized spacial score (nSPS) is 17.2. The molecule has 2 rings (SSSR count). The second-order valence-electron chi connectivity index (χ2n) is 5.33. The second kappa shape index (κ2) is 6.82. The molecule has 0 aromatic carbocycles. The number of piperidine rings is 1. The molecule has 0 amide bonds. The lowest BCUT2D eigenvalue weighted by Crippen LogP contribution is -2.37. The van der Waals surface area contributed by atoms with Gasteiger partial charge in [0.15, 0.2) is 0 Å². The molecular formula is C14H24N4O. The molecule has 1 saturated heterocycles. The van der Waals surface area contributed by atoms with Gasteiger partial charge in [0.2, 0.25) is 0 Å². The number of hydrogen-bond acceptors (Lipinski definition) is 5. The van der Waals surface area contributed by atoms with E-state index in [1.165, 1.54) is 0 Å². The summed E-state index contributed by atoms with van der Waals surface area (Å²) in [5.74, 6) is 0.984. The van der Waals surface area contributed by atoms with Crippen LogP contribution < -0.4 is 10.2 Å². The van der Waals surface area contributed by atoms with Gasteiger partial charge in [0.25, 0.3) is 0 Å². The highest BCUT2D eigenvalue weighted by Crippen LogP contribution is 2.18. The van der Waals surface area contributed by atoms with Crippen LogP contribution in [0.3, 0.4) is 0 Å². The highest BCUT2D eigenvalue weighted by Gasteiger charge is 2.19. The summed E-state index contributed by atoms with van der Waals surface area (Å²) in [5.41, 5.74) is 1.00. The molecule has 5 heteroatoms. The van der Waals surface area contributed by atoms with Crippen molar-refractivity contribution in [3.63, 3.8) is 0 Å². The van der Waals surface area contributed by atoms with E-state index in [-0.39, 0.29) is 0 Å². The van der Waals surface area contributed by atoms with Crippen molar-refractivity contribution in [2.45, 2.75) is 45.4 Å². The molecule has 0 atom stereocenters. The Balaban J connectivity index is 1.95. The van der Waals surface area contributed by atoms with Crippen LogP contribution in [0.1, 0.15) is 32.4 Å². The number of aromatic nitrogens is 2. The van der Waals surface area contributed by atoms with E-state index in [1.54, 1.807) is 7.11 Å². The zero-order valence-electron chi connectivity index (χ0n) is 12.1. The summed E-state index contributed by atoms with van der Waals surface area (Å²) >= 11 is 0. The van der Waals surface area contributed by atoms with Gasteiger partial charge in [-0.3, -0.25) is 4.98 Å². The van der Waals surface area contributed by atoms with Gasteiger partial charge in [-0.1, -0.05) is 13.8 Å². The van der Waals surface area contributed by atoms with E-state index in [9.17, 15) is 0 Å². The summed E-state index contributed by atoms with van der Waals surface area (Å²) < 4.78 is 5.39. The molecule has 1 aliphatic heterocycles. The number of anilines is 1. The van der Waals surface area contributed by atoms with Crippen molar-refractivity contribution in [3.05, 3.63) is 18.1 Å². The molecule has 1 aromatic rings. The van der Waals surface area contributed by atoms with Crippen molar-refractivity contribution in [3.8, 4) is 0 Å². The Morgan fingerprint density at radius 2 is 2.11 bits per heavy atom. The lowest BCUT2D eigenvalue weighted by Gasteiger charge is -2.32. The molecular weight excluding hydrogens is 240 g/mol. The summed E-state index contributed by atoms with van der Waals surface area (Å²) in [4.78, 5) is 11.3. The van der Waals surface area contributed by atoms with Gasteiger partial charge in [-0.05, 0) is 12.8 Å². The number of ether oxygens (including phenoxy) is 1. The largest absolute Gasteiger partial charge is 0.381 e. The quantitative estimate of drug-likeness (QED) is 0.875. The molecule has 2 heterocycles. The lowest BCUT2D eigenvalue weighted by atomic mass is 10.1. The molecule has 0 bridgehead atoms. The first kappa shape index (κ1) is 14.2. The van der Waals surface area contributed by atoms with Gasteiger partial charge >= 0.3 is 0 Å². The fourth-order valence-electron chi connectivity index (χ4n) is 2.26. The van der Waals surface area contributed by atoms with Crippen LogP contribution in [0.5, 0.6) is 0 Å². The summed E-state index contributed by atoms with van der Waals surface area (Å²) in [6, 6.07) is 0.461. The van der Waals surface area contributed by atoms with E-state index < -0.39 is 0 Å². The van der Waals surface area contributed by atoms with Crippen LogP contribution in [0.2, 0.25) is 0 Å².